The van der Waals surface area contributed by atoms with E-state index in [1.54, 1.807) is 27.0 Å². The first-order valence-electron chi connectivity index (χ1n) is 36.7. The van der Waals surface area contributed by atoms with Crippen LogP contribution < -0.4 is 37.6 Å². The van der Waals surface area contributed by atoms with Crippen molar-refractivity contribution in [2.45, 2.75) is 159 Å². The van der Waals surface area contributed by atoms with Crippen molar-refractivity contribution in [1.82, 2.24) is 46.9 Å². The van der Waals surface area contributed by atoms with Gasteiger partial charge in [-0.1, -0.05) is 32.9 Å². The molecule has 16 N–H and O–H groups in total. The summed E-state index contributed by atoms with van der Waals surface area (Å²) < 4.78 is 92.4. The van der Waals surface area contributed by atoms with Crippen molar-refractivity contribution < 1.29 is 150 Å². The number of hydrogen-bond acceptors (Lipinski definition) is 33. The van der Waals surface area contributed by atoms with Crippen molar-refractivity contribution in [2.75, 3.05) is 198 Å². The molecular weight excluding hydrogens is 1440 g/mol. The molecule has 0 saturated carbocycles. The summed E-state index contributed by atoms with van der Waals surface area (Å²) in [4.78, 5) is 88.6. The van der Waals surface area contributed by atoms with E-state index in [-0.39, 0.29) is 210 Å². The second kappa shape index (κ2) is 55.8. The van der Waals surface area contributed by atoms with Crippen LogP contribution in [0.4, 0.5) is 0 Å². The van der Waals surface area contributed by atoms with E-state index in [0.29, 0.717) is 25.0 Å². The number of aliphatic hydroxyl groups is 8. The lowest BCUT2D eigenvalue weighted by molar-refractivity contribution is -0.284. The Morgan fingerprint density at radius 2 is 0.833 bits per heavy atom. The smallest absolute Gasteiger partial charge is 0.246 e. The van der Waals surface area contributed by atoms with Gasteiger partial charge in [-0.3, -0.25) is 33.6 Å². The van der Waals surface area contributed by atoms with Crippen molar-refractivity contribution in [1.29, 1.82) is 0 Å². The summed E-state index contributed by atoms with van der Waals surface area (Å²) in [6.07, 6.45) is -8.95. The standard InChI is InChI=1S/C67H120N10O31/c1-5-48-61(90)58(87)44(2)64(106-48)103-32-29-96-26-23-93-19-12-69-53(82)9-16-100-41-67(74-56(85)36-73-57(86)40-99-22-15-77-37-47(75-76-77)7-6-8-52(81)72-35-51(68)80,42-101-17-10-54(83)70-13-20-94-24-27-97-30-33-104-65-45(3)59(88)62(91)49(38-78)107-65)43-102-18-11-55(84)71-14-21-95-25-28-98-31-34-105-66-46(4)60(89)63(92)50(39-79)108-66/h37,44-46,48-50,58-66,78-79,87-92H,5-36,38-43H2,1-4H3,(H2,68,80)(H,69,82)(H,70,83)(H,71,84)(H,72,81)(H,73,86)(H,74,85). The molecule has 3 fully saturated rings. The molecule has 3 saturated heterocycles. The fraction of sp³-hybridized carbons (Fsp3) is 0.866. The molecule has 0 radical (unpaired) electrons. The highest BCUT2D eigenvalue weighted by molar-refractivity contribution is 5.86. The molecule has 41 heteroatoms. The maximum atomic E-state index is 13.8. The summed E-state index contributed by atoms with van der Waals surface area (Å²) in [7, 11) is 0. The third-order valence-electron chi connectivity index (χ3n) is 17.1. The first-order valence-corrected chi connectivity index (χ1v) is 36.7. The highest BCUT2D eigenvalue weighted by Gasteiger charge is 2.45. The van der Waals surface area contributed by atoms with Crippen LogP contribution in [-0.2, 0) is 122 Å². The Balaban J connectivity index is 1.27. The molecule has 0 spiro atoms. The van der Waals surface area contributed by atoms with Gasteiger partial charge in [-0.25, -0.2) is 4.68 Å². The van der Waals surface area contributed by atoms with Crippen molar-refractivity contribution in [2.24, 2.45) is 23.5 Å². The lowest BCUT2D eigenvalue weighted by Gasteiger charge is -2.41. The van der Waals surface area contributed by atoms with Crippen molar-refractivity contribution in [3.05, 3.63) is 11.9 Å². The summed E-state index contributed by atoms with van der Waals surface area (Å²) in [6.45, 7) is 6.29. The summed E-state index contributed by atoms with van der Waals surface area (Å²) in [6, 6.07) is 0. The monoisotopic (exact) mass is 1560 g/mol. The minimum atomic E-state index is -1.57. The van der Waals surface area contributed by atoms with E-state index in [1.165, 1.54) is 4.68 Å². The van der Waals surface area contributed by atoms with Crippen molar-refractivity contribution in [3.63, 3.8) is 0 Å². The maximum Gasteiger partial charge on any atom is 0.246 e. The minimum Gasteiger partial charge on any atom is -0.394 e. The predicted octanol–water partition coefficient (Wildman–Crippen LogP) is -7.45. The third-order valence-corrected chi connectivity index (χ3v) is 17.1. The first kappa shape index (κ1) is 94.8. The van der Waals surface area contributed by atoms with Crippen LogP contribution in [0.2, 0.25) is 0 Å². The van der Waals surface area contributed by atoms with Gasteiger partial charge in [-0.2, -0.15) is 0 Å². The van der Waals surface area contributed by atoms with Crippen LogP contribution in [0.15, 0.2) is 6.20 Å². The second-order valence-corrected chi connectivity index (χ2v) is 25.9. The maximum absolute atomic E-state index is 13.8. The van der Waals surface area contributed by atoms with E-state index >= 15 is 0 Å². The van der Waals surface area contributed by atoms with Crippen LogP contribution in [0.3, 0.4) is 0 Å². The molecule has 624 valence electrons. The van der Waals surface area contributed by atoms with Crippen LogP contribution in [0.25, 0.3) is 0 Å². The molecule has 0 bridgehead atoms. The summed E-state index contributed by atoms with van der Waals surface area (Å²) in [5.41, 5.74) is 4.10. The second-order valence-electron chi connectivity index (χ2n) is 25.9. The molecule has 3 aliphatic rings. The number of carbonyl (C=O) groups is 7. The van der Waals surface area contributed by atoms with Gasteiger partial charge in [0.05, 0.1) is 208 Å². The number of rotatable bonds is 62. The zero-order valence-electron chi connectivity index (χ0n) is 62.5. The summed E-state index contributed by atoms with van der Waals surface area (Å²) in [5.74, 6) is -5.12. The van der Waals surface area contributed by atoms with Crippen LogP contribution >= 0.6 is 0 Å². The SMILES string of the molecule is CCC1OC(OCCOCCOCCNC(=O)CCOCC(COCCC(=O)NCCOCCOCCOC2OC(CO)C(O)C(O)C2C)(COCCC(=O)NCCOCCOCCOC2OC(CO)C(O)C(O)C2C)NC(=O)CNC(=O)COCCn2cc(CCCC(=O)NCC(N)=O)nn2)C(C)C(O)C1O. The molecule has 4 rings (SSSR count). The summed E-state index contributed by atoms with van der Waals surface area (Å²) >= 11 is 0. The zero-order chi connectivity index (χ0) is 78.9. The molecule has 15 atom stereocenters. The summed E-state index contributed by atoms with van der Waals surface area (Å²) in [5, 5.41) is 104. The van der Waals surface area contributed by atoms with E-state index < -0.39 is 159 Å². The van der Waals surface area contributed by atoms with Crippen LogP contribution in [0.5, 0.6) is 0 Å². The molecule has 1 aromatic rings. The highest BCUT2D eigenvalue weighted by atomic mass is 16.7. The molecule has 3 aliphatic heterocycles. The van der Waals surface area contributed by atoms with E-state index in [9.17, 15) is 74.4 Å². The van der Waals surface area contributed by atoms with Crippen molar-refractivity contribution in [3.8, 4) is 0 Å². The van der Waals surface area contributed by atoms with Crippen LogP contribution in [0.1, 0.15) is 71.9 Å². The normalized spacial score (nSPS) is 24.9. The van der Waals surface area contributed by atoms with Gasteiger partial charge >= 0.3 is 0 Å². The molecule has 15 unspecified atom stereocenters. The average molecular weight is 1560 g/mol. The van der Waals surface area contributed by atoms with Gasteiger partial charge in [0.2, 0.25) is 41.4 Å². The Labute approximate surface area is 628 Å². The lowest BCUT2D eigenvalue weighted by Crippen LogP contribution is -2.60. The van der Waals surface area contributed by atoms with E-state index in [4.69, 9.17) is 81.5 Å². The minimum absolute atomic E-state index is 0.0316. The number of aryl methyl sites for hydroxylation is 1. The fourth-order valence-electron chi connectivity index (χ4n) is 10.8. The molecular formula is C67H120N10O31. The van der Waals surface area contributed by atoms with Gasteiger partial charge in [0.25, 0.3) is 0 Å². The fourth-order valence-corrected chi connectivity index (χ4v) is 10.8. The Bertz CT molecular complexity index is 2460. The number of aromatic nitrogens is 3. The van der Waals surface area contributed by atoms with E-state index in [0.717, 1.165) is 0 Å². The number of carbonyl (C=O) groups excluding carboxylic acids is 7. The number of hydrogen-bond donors (Lipinski definition) is 15. The molecule has 108 heavy (non-hydrogen) atoms. The molecule has 0 aliphatic carbocycles. The Kier molecular flexibility index (Phi) is 49.0. The molecule has 4 heterocycles. The van der Waals surface area contributed by atoms with Gasteiger partial charge < -0.3 is 154 Å². The van der Waals surface area contributed by atoms with Gasteiger partial charge in [-0.05, 0) is 19.3 Å². The number of aliphatic hydroxyl groups excluding tert-OH is 8. The van der Waals surface area contributed by atoms with Gasteiger partial charge in [0, 0.05) is 69.3 Å². The van der Waals surface area contributed by atoms with Gasteiger partial charge in [0.1, 0.15) is 42.7 Å². The predicted molar refractivity (Wildman–Crippen MR) is 372 cm³/mol. The number of nitrogens with two attached hydrogens (primary N) is 1. The van der Waals surface area contributed by atoms with Crippen molar-refractivity contribution >= 4 is 41.4 Å². The Morgan fingerprint density at radius 3 is 1.24 bits per heavy atom. The number of ether oxygens (including phenoxy) is 16. The number of amides is 7. The Hall–Kier alpha value is -5.53. The molecule has 0 aromatic carbocycles. The van der Waals surface area contributed by atoms with Crippen LogP contribution in [0, 0.1) is 17.8 Å². The molecule has 41 nitrogen and oxygen atoms in total. The zero-order valence-corrected chi connectivity index (χ0v) is 62.5. The third kappa shape index (κ3) is 38.6. The van der Waals surface area contributed by atoms with E-state index in [1.807, 2.05) is 6.92 Å². The molecule has 7 amide bonds. The number of primary amides is 1. The highest BCUT2D eigenvalue weighted by Crippen LogP contribution is 2.30. The van der Waals surface area contributed by atoms with Gasteiger partial charge in [0.15, 0.2) is 18.9 Å². The quantitative estimate of drug-likeness (QED) is 0.0269. The number of nitrogens with zero attached hydrogens (tertiary/aromatic N) is 3. The Morgan fingerprint density at radius 1 is 0.454 bits per heavy atom. The molecule has 1 aromatic heterocycles. The topological polar surface area (TPSA) is 558 Å². The first-order chi connectivity index (χ1) is 52.0. The lowest BCUT2D eigenvalue weighted by atomic mass is 9.91. The van der Waals surface area contributed by atoms with E-state index in [2.05, 4.69) is 42.2 Å². The largest absolute Gasteiger partial charge is 0.394 e. The average Bonchev–Trinajstić information content (AvgIpc) is 0.910. The van der Waals surface area contributed by atoms with Crippen LogP contribution in [-0.4, -0.2) is 374 Å². The number of nitrogens with one attached hydrogen (secondary N) is 6. The van der Waals surface area contributed by atoms with Gasteiger partial charge in [-0.15, -0.1) is 5.10 Å².